The molecule has 0 spiro atoms. The van der Waals surface area contributed by atoms with Gasteiger partial charge in [-0.15, -0.1) is 12.4 Å². The molecule has 0 heterocycles. The zero-order valence-corrected chi connectivity index (χ0v) is 7.99. The molecule has 0 fully saturated rings. The second-order valence-corrected chi connectivity index (χ2v) is 2.32. The molecule has 1 rings (SSSR count). The van der Waals surface area contributed by atoms with Crippen LogP contribution in [-0.4, -0.2) is 7.11 Å². The summed E-state index contributed by atoms with van der Waals surface area (Å²) in [6, 6.07) is 7.88. The first kappa shape index (κ1) is 10.7. The van der Waals surface area contributed by atoms with Gasteiger partial charge in [0.15, 0.2) is 0 Å². The van der Waals surface area contributed by atoms with E-state index in [4.69, 9.17) is 4.74 Å². The third kappa shape index (κ3) is 3.04. The predicted molar refractivity (Wildman–Crippen MR) is 52.9 cm³/mol. The largest absolute Gasteiger partial charge is 0.497 e. The number of methoxy groups -OCH3 is 1. The van der Waals surface area contributed by atoms with Crippen molar-refractivity contribution in [2.24, 2.45) is 0 Å². The fourth-order valence-corrected chi connectivity index (χ4v) is 0.942. The summed E-state index contributed by atoms with van der Waals surface area (Å²) in [7, 11) is 1.66. The van der Waals surface area contributed by atoms with Gasteiger partial charge in [-0.3, -0.25) is 0 Å². The van der Waals surface area contributed by atoms with Crippen LogP contribution >= 0.6 is 25.0 Å². The molecule has 0 aliphatic carbocycles. The Morgan fingerprint density at radius 3 is 2.18 bits per heavy atom. The third-order valence-electron chi connectivity index (χ3n) is 1.34. The molecule has 1 aromatic carbocycles. The van der Waals surface area contributed by atoms with Crippen LogP contribution in [0.2, 0.25) is 0 Å². The Labute approximate surface area is 78.6 Å². The number of thiol groups is 1. The predicted octanol–water partition coefficient (Wildman–Crippen LogP) is 2.55. The number of rotatable bonds is 2. The molecule has 0 unspecified atom stereocenters. The van der Waals surface area contributed by atoms with E-state index < -0.39 is 0 Å². The molecular weight excluding hydrogens is 180 g/mol. The molecule has 1 nitrogen and oxygen atoms in total. The Hall–Kier alpha value is -0.340. The van der Waals surface area contributed by atoms with Crippen molar-refractivity contribution in [3.05, 3.63) is 29.8 Å². The normalized spacial score (nSPS) is 8.55. The second-order valence-electron chi connectivity index (χ2n) is 2.01. The highest BCUT2D eigenvalue weighted by molar-refractivity contribution is 7.79. The van der Waals surface area contributed by atoms with Crippen LogP contribution in [0.5, 0.6) is 5.75 Å². The summed E-state index contributed by atoms with van der Waals surface area (Å²) in [4.78, 5) is 0. The van der Waals surface area contributed by atoms with Crippen LogP contribution in [0.1, 0.15) is 5.56 Å². The lowest BCUT2D eigenvalue weighted by Crippen LogP contribution is -1.82. The number of hydrogen-bond donors (Lipinski definition) is 1. The molecule has 0 atom stereocenters. The molecule has 0 aromatic heterocycles. The topological polar surface area (TPSA) is 9.23 Å². The van der Waals surface area contributed by atoms with Gasteiger partial charge in [0, 0.05) is 5.75 Å². The first-order chi connectivity index (χ1) is 4.86. The number of benzene rings is 1. The molecule has 0 saturated carbocycles. The Kier molecular flexibility index (Phi) is 5.16. The summed E-state index contributed by atoms with van der Waals surface area (Å²) < 4.78 is 4.99. The van der Waals surface area contributed by atoms with Gasteiger partial charge in [0.05, 0.1) is 7.11 Å². The third-order valence-corrected chi connectivity index (χ3v) is 1.71. The monoisotopic (exact) mass is 190 g/mol. The Morgan fingerprint density at radius 1 is 1.27 bits per heavy atom. The molecule has 3 heteroatoms. The number of halogens is 1. The van der Waals surface area contributed by atoms with Crippen molar-refractivity contribution >= 4 is 25.0 Å². The summed E-state index contributed by atoms with van der Waals surface area (Å²) in [5.74, 6) is 1.68. The van der Waals surface area contributed by atoms with Crippen molar-refractivity contribution in [2.75, 3.05) is 7.11 Å². The maximum absolute atomic E-state index is 4.99. The Balaban J connectivity index is 0.000001000. The van der Waals surface area contributed by atoms with Gasteiger partial charge in [-0.25, -0.2) is 0 Å². The molecule has 11 heavy (non-hydrogen) atoms. The van der Waals surface area contributed by atoms with Crippen LogP contribution in [0.15, 0.2) is 24.3 Å². The average Bonchev–Trinajstić information content (AvgIpc) is 2.05. The zero-order chi connectivity index (χ0) is 7.40. The molecule has 0 saturated heterocycles. The summed E-state index contributed by atoms with van der Waals surface area (Å²) in [6.45, 7) is 0. The van der Waals surface area contributed by atoms with Crippen LogP contribution in [0.25, 0.3) is 0 Å². The summed E-state index contributed by atoms with van der Waals surface area (Å²) in [6.07, 6.45) is 0. The van der Waals surface area contributed by atoms with Crippen molar-refractivity contribution in [3.8, 4) is 5.75 Å². The molecule has 0 radical (unpaired) electrons. The van der Waals surface area contributed by atoms with Crippen LogP contribution in [0.3, 0.4) is 0 Å². The van der Waals surface area contributed by atoms with Gasteiger partial charge in [0.25, 0.3) is 0 Å². The van der Waals surface area contributed by atoms with Gasteiger partial charge < -0.3 is 4.74 Å². The Morgan fingerprint density at radius 2 is 1.82 bits per heavy atom. The van der Waals surface area contributed by atoms with Gasteiger partial charge in [-0.05, 0) is 17.7 Å². The maximum Gasteiger partial charge on any atom is 0.118 e. The van der Waals surface area contributed by atoms with Crippen molar-refractivity contribution < 1.29 is 4.74 Å². The molecule has 0 amide bonds. The van der Waals surface area contributed by atoms with Crippen LogP contribution < -0.4 is 4.74 Å². The van der Waals surface area contributed by atoms with E-state index in [0.717, 1.165) is 11.5 Å². The summed E-state index contributed by atoms with van der Waals surface area (Å²) in [5, 5.41) is 0. The minimum Gasteiger partial charge on any atom is -0.497 e. The van der Waals surface area contributed by atoms with Gasteiger partial charge >= 0.3 is 0 Å². The van der Waals surface area contributed by atoms with E-state index in [2.05, 4.69) is 12.6 Å². The van der Waals surface area contributed by atoms with Gasteiger partial charge in [0.2, 0.25) is 0 Å². The van der Waals surface area contributed by atoms with Crippen LogP contribution in [0, 0.1) is 0 Å². The van der Waals surface area contributed by atoms with Crippen LogP contribution in [0.4, 0.5) is 0 Å². The van der Waals surface area contributed by atoms with Crippen molar-refractivity contribution in [3.63, 3.8) is 0 Å². The standard InChI is InChI=1S/C8H10OS.ClH/c1-9-8-4-2-7(6-10)3-5-8;/h2-5,10H,6H2,1H3;1H. The van der Waals surface area contributed by atoms with E-state index in [1.165, 1.54) is 5.56 Å². The average molecular weight is 191 g/mol. The first-order valence-corrected chi connectivity index (χ1v) is 3.74. The second kappa shape index (κ2) is 5.33. The lowest BCUT2D eigenvalue weighted by molar-refractivity contribution is 0.414. The van der Waals surface area contributed by atoms with Crippen LogP contribution in [-0.2, 0) is 5.75 Å². The fourth-order valence-electron chi connectivity index (χ4n) is 0.731. The van der Waals surface area contributed by atoms with Gasteiger partial charge in [-0.1, -0.05) is 12.1 Å². The van der Waals surface area contributed by atoms with E-state index >= 15 is 0 Å². The quantitative estimate of drug-likeness (QED) is 0.706. The SMILES string of the molecule is COc1ccc(CS)cc1.Cl. The number of ether oxygens (including phenoxy) is 1. The van der Waals surface area contributed by atoms with Gasteiger partial charge in [0.1, 0.15) is 5.75 Å². The molecule has 0 aliphatic heterocycles. The molecule has 0 aliphatic rings. The van der Waals surface area contributed by atoms with Gasteiger partial charge in [-0.2, -0.15) is 12.6 Å². The minimum absolute atomic E-state index is 0. The summed E-state index contributed by atoms with van der Waals surface area (Å²) in [5.41, 5.74) is 1.21. The molecule has 0 bridgehead atoms. The zero-order valence-electron chi connectivity index (χ0n) is 6.28. The highest BCUT2D eigenvalue weighted by atomic mass is 35.5. The number of hydrogen-bond acceptors (Lipinski definition) is 2. The molecule has 1 aromatic rings. The summed E-state index contributed by atoms with van der Waals surface area (Å²) >= 11 is 4.13. The highest BCUT2D eigenvalue weighted by Crippen LogP contribution is 2.11. The van der Waals surface area contributed by atoms with E-state index in [0.29, 0.717) is 0 Å². The lowest BCUT2D eigenvalue weighted by atomic mass is 10.2. The van der Waals surface area contributed by atoms with E-state index in [1.54, 1.807) is 7.11 Å². The van der Waals surface area contributed by atoms with Crippen molar-refractivity contribution in [1.29, 1.82) is 0 Å². The fraction of sp³-hybridized carbons (Fsp3) is 0.250. The Bertz CT molecular complexity index is 175. The maximum atomic E-state index is 4.99. The smallest absolute Gasteiger partial charge is 0.118 e. The van der Waals surface area contributed by atoms with Crippen molar-refractivity contribution in [2.45, 2.75) is 5.75 Å². The van der Waals surface area contributed by atoms with E-state index in [9.17, 15) is 0 Å². The van der Waals surface area contributed by atoms with E-state index in [1.807, 2.05) is 24.3 Å². The molecule has 0 N–H and O–H groups in total. The molecular formula is C8H11ClOS. The lowest BCUT2D eigenvalue weighted by Gasteiger charge is -1.99. The highest BCUT2D eigenvalue weighted by Gasteiger charge is 1.89. The minimum atomic E-state index is 0. The molecule has 62 valence electrons. The van der Waals surface area contributed by atoms with E-state index in [-0.39, 0.29) is 12.4 Å². The van der Waals surface area contributed by atoms with Crippen molar-refractivity contribution in [1.82, 2.24) is 0 Å². The first-order valence-electron chi connectivity index (χ1n) is 3.10.